The summed E-state index contributed by atoms with van der Waals surface area (Å²) in [5.41, 5.74) is 4.27. The maximum atomic E-state index is 13.4. The first-order valence-electron chi connectivity index (χ1n) is 16.1. The average molecular weight is 595 g/mol. The number of nitrogens with one attached hydrogen (secondary N) is 1. The van der Waals surface area contributed by atoms with Crippen molar-refractivity contribution in [2.24, 2.45) is 5.92 Å². The highest BCUT2D eigenvalue weighted by atomic mass is 16.5. The van der Waals surface area contributed by atoms with E-state index in [1.165, 1.54) is 12.8 Å². The lowest BCUT2D eigenvalue weighted by Gasteiger charge is -2.63. The van der Waals surface area contributed by atoms with Crippen LogP contribution in [0.3, 0.4) is 0 Å². The molecule has 0 aromatic heterocycles. The van der Waals surface area contributed by atoms with Crippen molar-refractivity contribution in [3.63, 3.8) is 0 Å². The minimum atomic E-state index is -1.09. The van der Waals surface area contributed by atoms with Crippen LogP contribution >= 0.6 is 0 Å². The van der Waals surface area contributed by atoms with Crippen molar-refractivity contribution < 1.29 is 24.5 Å². The number of hydrogen-bond acceptors (Lipinski definition) is 6. The fourth-order valence-electron chi connectivity index (χ4n) is 8.37. The lowest BCUT2D eigenvalue weighted by molar-refractivity contribution is -0.173. The minimum Gasteiger partial charge on any atom is -0.507 e. The van der Waals surface area contributed by atoms with Crippen LogP contribution in [0.15, 0.2) is 54.6 Å². The largest absolute Gasteiger partial charge is 0.507 e. The second kappa shape index (κ2) is 11.0. The molecule has 3 aromatic carbocycles. The molecule has 4 aliphatic rings. The number of likely N-dealkylation sites (tertiary alicyclic amines) is 1. The first-order chi connectivity index (χ1) is 21.2. The molecule has 3 atom stereocenters. The van der Waals surface area contributed by atoms with Crippen LogP contribution in [0.1, 0.15) is 71.1 Å². The Kier molecular flexibility index (Phi) is 7.29. The van der Waals surface area contributed by atoms with Crippen molar-refractivity contribution in [3.8, 4) is 22.6 Å². The molecule has 1 aliphatic heterocycles. The van der Waals surface area contributed by atoms with Gasteiger partial charge in [-0.3, -0.25) is 14.5 Å². The Morgan fingerprint density at radius 1 is 1.07 bits per heavy atom. The van der Waals surface area contributed by atoms with E-state index in [2.05, 4.69) is 40.5 Å². The predicted molar refractivity (Wildman–Crippen MR) is 169 cm³/mol. The second-order valence-corrected chi connectivity index (χ2v) is 13.5. The summed E-state index contributed by atoms with van der Waals surface area (Å²) >= 11 is 0. The highest BCUT2D eigenvalue weighted by Gasteiger charge is 2.65. The molecule has 7 rings (SSSR count). The van der Waals surface area contributed by atoms with Gasteiger partial charge in [-0.05, 0) is 104 Å². The van der Waals surface area contributed by atoms with E-state index < -0.39 is 11.0 Å². The third-order valence-electron chi connectivity index (χ3n) is 10.9. The fraction of sp³-hybridized carbons (Fsp3) is 0.459. The Hall–Kier alpha value is -3.68. The van der Waals surface area contributed by atoms with E-state index in [0.717, 1.165) is 46.7 Å². The van der Waals surface area contributed by atoms with Crippen LogP contribution in [-0.2, 0) is 23.1 Å². The van der Waals surface area contributed by atoms with Crippen LogP contribution in [0, 0.1) is 12.8 Å². The van der Waals surface area contributed by atoms with Crippen molar-refractivity contribution in [1.29, 1.82) is 0 Å². The number of nitrogens with zero attached hydrogens (tertiary/aromatic N) is 1. The monoisotopic (exact) mass is 594 g/mol. The lowest BCUT2D eigenvalue weighted by Crippen LogP contribution is -2.73. The molecule has 7 heteroatoms. The molecule has 3 aromatic rings. The third kappa shape index (κ3) is 4.81. The van der Waals surface area contributed by atoms with Crippen molar-refractivity contribution in [2.75, 3.05) is 26.7 Å². The van der Waals surface area contributed by atoms with Crippen LogP contribution in [-0.4, -0.2) is 65.2 Å². The van der Waals surface area contributed by atoms with E-state index in [4.69, 9.17) is 4.74 Å². The summed E-state index contributed by atoms with van der Waals surface area (Å²) in [7, 11) is 1.67. The first kappa shape index (κ1) is 29.1. The van der Waals surface area contributed by atoms with E-state index in [-0.39, 0.29) is 35.5 Å². The van der Waals surface area contributed by atoms with Gasteiger partial charge in [0.25, 0.3) is 5.91 Å². The summed E-state index contributed by atoms with van der Waals surface area (Å²) in [6.07, 6.45) is 5.36. The van der Waals surface area contributed by atoms with Gasteiger partial charge in [-0.2, -0.15) is 0 Å². The maximum absolute atomic E-state index is 13.4. The maximum Gasteiger partial charge on any atom is 0.255 e. The number of carbonyl (C=O) groups excluding carboxylic acids is 2. The van der Waals surface area contributed by atoms with E-state index in [9.17, 15) is 19.8 Å². The van der Waals surface area contributed by atoms with Crippen molar-refractivity contribution in [2.45, 2.75) is 75.3 Å². The van der Waals surface area contributed by atoms with E-state index in [1.54, 1.807) is 13.2 Å². The standard InChI is InChI=1S/C37H42N2O5/c1-23-19-27(10-12-31(23)44-2)26-7-5-24(6-8-26)14-17-38-35(42)30-11-9-28-20-32-37(43)15-13-29(40)21-36(37,33(28)34(30)41)16-18-39(32)22-25-3-4-25/h5-12,19,25,32,41,43H,3-4,13-18,20-22H2,1-2H3,(H,38,42). The molecule has 3 fully saturated rings. The van der Waals surface area contributed by atoms with Crippen molar-refractivity contribution in [1.82, 2.24) is 10.2 Å². The summed E-state index contributed by atoms with van der Waals surface area (Å²) in [6, 6.07) is 18.0. The molecule has 44 heavy (non-hydrogen) atoms. The number of phenols is 1. The number of amides is 1. The average Bonchev–Trinajstić information content (AvgIpc) is 3.83. The Balaban J connectivity index is 1.08. The molecule has 2 bridgehead atoms. The molecule has 230 valence electrons. The van der Waals surface area contributed by atoms with Gasteiger partial charge in [0.05, 0.1) is 18.3 Å². The lowest BCUT2D eigenvalue weighted by atomic mass is 9.49. The van der Waals surface area contributed by atoms with Crippen LogP contribution < -0.4 is 10.1 Å². The number of aromatic hydroxyl groups is 1. The van der Waals surface area contributed by atoms with Crippen molar-refractivity contribution >= 4 is 11.7 Å². The highest BCUT2D eigenvalue weighted by Crippen LogP contribution is 2.60. The zero-order valence-electron chi connectivity index (χ0n) is 25.7. The van der Waals surface area contributed by atoms with Crippen LogP contribution in [0.2, 0.25) is 0 Å². The molecule has 1 heterocycles. The van der Waals surface area contributed by atoms with E-state index in [1.807, 2.05) is 25.1 Å². The number of ether oxygens (including phenoxy) is 1. The van der Waals surface area contributed by atoms with Gasteiger partial charge in [-0.1, -0.05) is 36.4 Å². The molecular formula is C37H42N2O5. The fourth-order valence-corrected chi connectivity index (χ4v) is 8.37. The number of ketones is 1. The molecular weight excluding hydrogens is 552 g/mol. The smallest absolute Gasteiger partial charge is 0.255 e. The summed E-state index contributed by atoms with van der Waals surface area (Å²) < 4.78 is 5.38. The number of hydrogen-bond donors (Lipinski definition) is 3. The van der Waals surface area contributed by atoms with Crippen LogP contribution in [0.5, 0.6) is 11.5 Å². The normalized spacial score (nSPS) is 26.1. The number of rotatable bonds is 8. The first-order valence-corrected chi connectivity index (χ1v) is 16.1. The number of piperidine rings is 1. The quantitative estimate of drug-likeness (QED) is 0.335. The number of fused-ring (bicyclic) bond motifs is 1. The van der Waals surface area contributed by atoms with Crippen LogP contribution in [0.25, 0.3) is 11.1 Å². The molecule has 7 nitrogen and oxygen atoms in total. The topological polar surface area (TPSA) is 99.1 Å². The minimum absolute atomic E-state index is 0.0682. The zero-order valence-corrected chi connectivity index (χ0v) is 25.7. The Bertz CT molecular complexity index is 1610. The molecule has 0 spiro atoms. The van der Waals surface area contributed by atoms with Gasteiger partial charge in [0.1, 0.15) is 17.3 Å². The second-order valence-electron chi connectivity index (χ2n) is 13.5. The van der Waals surface area contributed by atoms with Gasteiger partial charge < -0.3 is 20.3 Å². The van der Waals surface area contributed by atoms with Gasteiger partial charge in [0, 0.05) is 43.0 Å². The Labute approximate surface area is 259 Å². The summed E-state index contributed by atoms with van der Waals surface area (Å²) in [4.78, 5) is 28.7. The summed E-state index contributed by atoms with van der Waals surface area (Å²) in [5.74, 6) is 1.28. The number of phenolic OH excluding ortho intramolecular Hbond substituents is 1. The van der Waals surface area contributed by atoms with Crippen LogP contribution in [0.4, 0.5) is 0 Å². The number of benzene rings is 3. The third-order valence-corrected chi connectivity index (χ3v) is 10.9. The van der Waals surface area contributed by atoms with Crippen molar-refractivity contribution in [3.05, 3.63) is 82.4 Å². The number of aliphatic hydroxyl groups is 1. The summed E-state index contributed by atoms with van der Waals surface area (Å²) in [6.45, 7) is 4.23. The van der Waals surface area contributed by atoms with Gasteiger partial charge in [-0.15, -0.1) is 0 Å². The van der Waals surface area contributed by atoms with Gasteiger partial charge in [0.15, 0.2) is 0 Å². The molecule has 1 saturated heterocycles. The number of aryl methyl sites for hydroxylation is 1. The predicted octanol–water partition coefficient (Wildman–Crippen LogP) is 5.11. The highest BCUT2D eigenvalue weighted by molar-refractivity contribution is 5.98. The molecule has 3 aliphatic carbocycles. The Morgan fingerprint density at radius 2 is 1.84 bits per heavy atom. The number of carbonyl (C=O) groups is 2. The van der Waals surface area contributed by atoms with Gasteiger partial charge in [0.2, 0.25) is 0 Å². The number of Topliss-reactive ketones (excluding diaryl/α,β-unsaturated/α-hetero) is 1. The van der Waals surface area contributed by atoms with E-state index in [0.29, 0.717) is 50.1 Å². The van der Waals surface area contributed by atoms with E-state index >= 15 is 0 Å². The van der Waals surface area contributed by atoms with Gasteiger partial charge in [-0.25, -0.2) is 0 Å². The molecule has 0 radical (unpaired) electrons. The Morgan fingerprint density at radius 3 is 2.57 bits per heavy atom. The molecule has 2 saturated carbocycles. The number of methoxy groups -OCH3 is 1. The van der Waals surface area contributed by atoms with Gasteiger partial charge >= 0.3 is 0 Å². The summed E-state index contributed by atoms with van der Waals surface area (Å²) in [5, 5.41) is 27.0. The SMILES string of the molecule is COc1ccc(-c2ccc(CCNC(=O)c3ccc4c(c3O)C35CCN(CC6CC6)C(C4)C3(O)CCC(=O)C5)cc2)cc1C. The zero-order chi connectivity index (χ0) is 30.6. The molecule has 3 N–H and O–H groups in total. The molecule has 1 amide bonds. The molecule has 3 unspecified atom stereocenters.